The Labute approximate surface area is 453 Å². The first-order valence-electron chi connectivity index (χ1n) is 29.2. The molecule has 0 radical (unpaired) electrons. The zero-order valence-corrected chi connectivity index (χ0v) is 48.1. The van der Waals surface area contributed by atoms with Crippen LogP contribution in [0, 0.1) is 10.8 Å². The molecule has 0 aliphatic carbocycles. The molecule has 2 aliphatic rings. The minimum atomic E-state index is -0.639. The molecule has 20 nitrogen and oxygen atoms in total. The van der Waals surface area contributed by atoms with Crippen LogP contribution in [0.5, 0.6) is 0 Å². The molecule has 6 atom stereocenters. The minimum absolute atomic E-state index is 0.0128. The van der Waals surface area contributed by atoms with E-state index in [1.54, 1.807) is 0 Å². The summed E-state index contributed by atoms with van der Waals surface area (Å²) >= 11 is 0. The topological polar surface area (TPSA) is 230 Å². The molecule has 1 aromatic heterocycles. The summed E-state index contributed by atoms with van der Waals surface area (Å²) in [7, 11) is 0. The van der Waals surface area contributed by atoms with Gasteiger partial charge in [0.05, 0.1) is 10.8 Å². The summed E-state index contributed by atoms with van der Waals surface area (Å²) in [5.74, 6) is -0.584. The Kier molecular flexibility index (Phi) is 30.8. The third kappa shape index (κ3) is 25.6. The second kappa shape index (κ2) is 35.6. The van der Waals surface area contributed by atoms with E-state index in [0.29, 0.717) is 109 Å². The predicted molar refractivity (Wildman–Crippen MR) is 294 cm³/mol. The van der Waals surface area contributed by atoms with Gasteiger partial charge in [-0.25, -0.2) is 37.7 Å². The zero-order valence-electron chi connectivity index (χ0n) is 48.1. The summed E-state index contributed by atoms with van der Waals surface area (Å²) in [6.07, 6.45) is 16.2. The molecule has 0 aromatic carbocycles. The fourth-order valence-electron chi connectivity index (χ4n) is 9.21. The number of carbonyl (C=O) groups is 5. The van der Waals surface area contributed by atoms with Crippen molar-refractivity contribution in [3.05, 3.63) is 31.5 Å². The molecule has 436 valence electrons. The minimum Gasteiger partial charge on any atom is -0.461 e. The van der Waals surface area contributed by atoms with Gasteiger partial charge in [0.2, 0.25) is 6.41 Å². The first-order valence-corrected chi connectivity index (χ1v) is 29.2. The summed E-state index contributed by atoms with van der Waals surface area (Å²) in [5.41, 5.74) is -3.14. The van der Waals surface area contributed by atoms with Gasteiger partial charge in [-0.3, -0.25) is 24.2 Å². The van der Waals surface area contributed by atoms with Crippen molar-refractivity contribution in [2.24, 2.45) is 10.8 Å². The second-order valence-electron chi connectivity index (χ2n) is 22.7. The molecule has 2 aliphatic heterocycles. The van der Waals surface area contributed by atoms with E-state index in [2.05, 4.69) is 53.4 Å². The highest BCUT2D eigenvalue weighted by molar-refractivity contribution is 5.76. The summed E-state index contributed by atoms with van der Waals surface area (Å²) in [6.45, 7) is 20.5. The Morgan fingerprint density at radius 1 is 0.526 bits per heavy atom. The van der Waals surface area contributed by atoms with E-state index in [9.17, 15) is 38.4 Å². The van der Waals surface area contributed by atoms with Crippen LogP contribution in [-0.4, -0.2) is 137 Å². The highest BCUT2D eigenvalue weighted by Crippen LogP contribution is 2.28. The average molecular weight is 1080 g/mol. The van der Waals surface area contributed by atoms with E-state index in [1.807, 2.05) is 27.7 Å². The number of hydrogen-bond acceptors (Lipinski definition) is 14. The molecular weight excluding hydrogens is 977 g/mol. The number of alkyl carbamates (subject to hydrolysis) is 2. The van der Waals surface area contributed by atoms with Gasteiger partial charge in [-0.15, -0.1) is 0 Å². The SMILES string of the molecule is CCCCCCC(C)(C)C(=O)OCC(CN1CC1C)OC(=O)NCCCCCCn1c(=O)n(CCCCCCNC=O)c(=O)n(CCCCCCNC(=O)OC(COC(=O)C(C)(C)CCCCCC)CN2CC2C)c1=O. The molecule has 1 aromatic rings. The van der Waals surface area contributed by atoms with E-state index >= 15 is 0 Å². The van der Waals surface area contributed by atoms with Crippen molar-refractivity contribution in [2.45, 2.75) is 241 Å². The molecule has 2 fully saturated rings. The predicted octanol–water partition coefficient (Wildman–Crippen LogP) is 7.28. The van der Waals surface area contributed by atoms with Gasteiger partial charge in [0.25, 0.3) is 0 Å². The molecule has 3 N–H and O–H groups in total. The molecule has 6 unspecified atom stereocenters. The number of hydrogen-bond donors (Lipinski definition) is 3. The van der Waals surface area contributed by atoms with E-state index in [4.69, 9.17) is 18.9 Å². The largest absolute Gasteiger partial charge is 0.461 e. The van der Waals surface area contributed by atoms with Gasteiger partial charge in [-0.05, 0) is 92.9 Å². The number of carbonyl (C=O) groups excluding carboxylic acids is 5. The average Bonchev–Trinajstić information content (AvgIpc) is 4.29. The number of unbranched alkanes of at least 4 members (excludes halogenated alkanes) is 15. The fraction of sp³-hybridized carbons (Fsp3) is 0.857. The number of esters is 2. The fourth-order valence-corrected chi connectivity index (χ4v) is 9.21. The van der Waals surface area contributed by atoms with Crippen molar-refractivity contribution in [1.29, 1.82) is 0 Å². The normalized spacial score (nSPS) is 17.8. The Bertz CT molecular complexity index is 1940. The molecule has 3 amide bonds. The summed E-state index contributed by atoms with van der Waals surface area (Å²) in [6, 6.07) is 0.769. The van der Waals surface area contributed by atoms with Gasteiger partial charge in [0, 0.05) is 77.5 Å². The number of rotatable bonds is 44. The number of amides is 3. The van der Waals surface area contributed by atoms with Gasteiger partial charge in [-0.1, -0.05) is 104 Å². The van der Waals surface area contributed by atoms with Crippen LogP contribution in [0.1, 0.15) is 197 Å². The molecule has 76 heavy (non-hydrogen) atoms. The second-order valence-corrected chi connectivity index (χ2v) is 22.7. The molecule has 2 saturated heterocycles. The summed E-state index contributed by atoms with van der Waals surface area (Å²) in [5, 5.41) is 8.26. The first-order chi connectivity index (χ1) is 36.3. The van der Waals surface area contributed by atoms with Crippen molar-refractivity contribution in [3.8, 4) is 0 Å². The third-order valence-corrected chi connectivity index (χ3v) is 14.7. The maximum atomic E-state index is 13.8. The summed E-state index contributed by atoms with van der Waals surface area (Å²) in [4.78, 5) is 108. The van der Waals surface area contributed by atoms with Gasteiger partial charge < -0.3 is 34.9 Å². The number of nitrogens with one attached hydrogen (secondary N) is 3. The number of nitrogens with zero attached hydrogens (tertiary/aromatic N) is 5. The van der Waals surface area contributed by atoms with Crippen molar-refractivity contribution < 1.29 is 42.9 Å². The molecular formula is C56H100N8O12. The monoisotopic (exact) mass is 1080 g/mol. The van der Waals surface area contributed by atoms with E-state index in [0.717, 1.165) is 110 Å². The van der Waals surface area contributed by atoms with Crippen LogP contribution in [0.3, 0.4) is 0 Å². The quantitative estimate of drug-likeness (QED) is 0.0192. The van der Waals surface area contributed by atoms with Crippen LogP contribution in [0.25, 0.3) is 0 Å². The maximum absolute atomic E-state index is 13.8. The lowest BCUT2D eigenvalue weighted by Gasteiger charge is -2.25. The summed E-state index contributed by atoms with van der Waals surface area (Å²) < 4.78 is 26.3. The van der Waals surface area contributed by atoms with Crippen molar-refractivity contribution in [3.63, 3.8) is 0 Å². The lowest BCUT2D eigenvalue weighted by atomic mass is 9.87. The van der Waals surface area contributed by atoms with Crippen LogP contribution in [-0.2, 0) is 53.0 Å². The standard InChI is InChI=1S/C56H100N8O12/c1-9-11-13-21-29-55(5,6)48(66)73-41-46(39-60-37-44(60)3)75-50(68)58-32-24-16-19-27-35-63-52(70)62(34-26-18-15-23-31-57-43-65)53(71)64(54(63)72)36-28-20-17-25-33-59-51(69)76-47(40-61-38-45(61)4)42-74-49(67)56(7,8)30-22-14-12-10-2/h43-47H,9-42H2,1-8H3,(H,57,65)(H,58,68)(H,59,69). The van der Waals surface area contributed by atoms with Crippen LogP contribution in [0.4, 0.5) is 9.59 Å². The van der Waals surface area contributed by atoms with Crippen LogP contribution in [0.2, 0.25) is 0 Å². The highest BCUT2D eigenvalue weighted by atomic mass is 16.6. The van der Waals surface area contributed by atoms with E-state index in [-0.39, 0.29) is 44.8 Å². The van der Waals surface area contributed by atoms with Crippen molar-refractivity contribution in [2.75, 3.05) is 59.0 Å². The lowest BCUT2D eigenvalue weighted by molar-refractivity contribution is -0.158. The highest BCUT2D eigenvalue weighted by Gasteiger charge is 2.36. The van der Waals surface area contributed by atoms with Gasteiger partial charge in [0.1, 0.15) is 13.2 Å². The van der Waals surface area contributed by atoms with Crippen molar-refractivity contribution >= 4 is 30.5 Å². The Hall–Kier alpha value is -4.72. The first kappa shape index (κ1) is 65.6. The Morgan fingerprint density at radius 2 is 0.855 bits per heavy atom. The van der Waals surface area contributed by atoms with Gasteiger partial charge >= 0.3 is 41.2 Å². The van der Waals surface area contributed by atoms with Crippen LogP contribution in [0.15, 0.2) is 14.4 Å². The van der Waals surface area contributed by atoms with E-state index in [1.165, 1.54) is 0 Å². The molecule has 0 bridgehead atoms. The van der Waals surface area contributed by atoms with Crippen molar-refractivity contribution in [1.82, 2.24) is 39.5 Å². The Morgan fingerprint density at radius 3 is 1.18 bits per heavy atom. The smallest absolute Gasteiger partial charge is 0.407 e. The van der Waals surface area contributed by atoms with Gasteiger partial charge in [-0.2, -0.15) is 0 Å². The lowest BCUT2D eigenvalue weighted by Crippen LogP contribution is -2.54. The van der Waals surface area contributed by atoms with Crippen LogP contribution < -0.4 is 33.0 Å². The molecule has 0 saturated carbocycles. The van der Waals surface area contributed by atoms with E-state index < -0.39 is 52.3 Å². The Balaban J connectivity index is 1.48. The van der Waals surface area contributed by atoms with Crippen LogP contribution >= 0.6 is 0 Å². The zero-order chi connectivity index (χ0) is 55.9. The molecule has 20 heteroatoms. The number of ether oxygens (including phenoxy) is 4. The van der Waals surface area contributed by atoms with Gasteiger partial charge in [0.15, 0.2) is 12.2 Å². The maximum Gasteiger partial charge on any atom is 0.407 e. The molecule has 3 rings (SSSR count). The molecule has 3 heterocycles. The number of aromatic nitrogens is 3. The third-order valence-electron chi connectivity index (χ3n) is 14.7. The molecule has 0 spiro atoms.